The molecule has 3 aliphatic rings. The summed E-state index contributed by atoms with van der Waals surface area (Å²) in [5.74, 6) is -4.68. The maximum atomic E-state index is 14.6. The highest BCUT2D eigenvalue weighted by Crippen LogP contribution is 2.50. The Morgan fingerprint density at radius 3 is 2.35 bits per heavy atom. The Morgan fingerprint density at radius 2 is 1.76 bits per heavy atom. The Hall–Kier alpha value is -3.37. The Morgan fingerprint density at radius 1 is 1.12 bits per heavy atom. The molecule has 180 valence electrons. The molecule has 3 heterocycles. The van der Waals surface area contributed by atoms with E-state index in [9.17, 15) is 22.8 Å². The first kappa shape index (κ1) is 22.4. The summed E-state index contributed by atoms with van der Waals surface area (Å²) in [7, 11) is 0. The number of nitrogens with zero attached hydrogens (tertiary/aromatic N) is 4. The molecule has 8 nitrogen and oxygen atoms in total. The fourth-order valence-electron chi connectivity index (χ4n) is 4.78. The van der Waals surface area contributed by atoms with Crippen LogP contribution in [0.5, 0.6) is 0 Å². The van der Waals surface area contributed by atoms with Crippen molar-refractivity contribution in [3.05, 3.63) is 41.8 Å². The number of hydrogen-bond acceptors (Lipinski definition) is 6. The minimum absolute atomic E-state index is 0.0870. The first-order valence-corrected chi connectivity index (χ1v) is 11.3. The Balaban J connectivity index is 1.22. The predicted molar refractivity (Wildman–Crippen MR) is 119 cm³/mol. The van der Waals surface area contributed by atoms with Gasteiger partial charge in [-0.05, 0) is 31.2 Å². The summed E-state index contributed by atoms with van der Waals surface area (Å²) in [6.07, 6.45) is 0.743. The molecule has 1 saturated carbocycles. The Bertz CT molecular complexity index is 1100. The van der Waals surface area contributed by atoms with Gasteiger partial charge in [0, 0.05) is 62.2 Å². The van der Waals surface area contributed by atoms with Crippen molar-refractivity contribution in [2.45, 2.75) is 19.3 Å². The van der Waals surface area contributed by atoms with E-state index in [4.69, 9.17) is 0 Å². The first-order valence-electron chi connectivity index (χ1n) is 11.3. The third-order valence-corrected chi connectivity index (χ3v) is 6.69. The molecule has 1 aromatic heterocycles. The number of carbonyl (C=O) groups is 2. The monoisotopic (exact) mass is 474 g/mol. The topological polar surface area (TPSA) is 90.5 Å². The normalized spacial score (nSPS) is 24.6. The van der Waals surface area contributed by atoms with E-state index in [-0.39, 0.29) is 35.9 Å². The third-order valence-electron chi connectivity index (χ3n) is 6.69. The van der Waals surface area contributed by atoms with Gasteiger partial charge in [-0.1, -0.05) is 0 Å². The molecule has 11 heteroatoms. The molecular weight excluding hydrogens is 449 g/mol. The molecule has 5 rings (SSSR count). The van der Waals surface area contributed by atoms with Crippen LogP contribution in [0.3, 0.4) is 0 Å². The van der Waals surface area contributed by atoms with Gasteiger partial charge in [0.1, 0.15) is 5.92 Å². The number of alkyl halides is 2. The van der Waals surface area contributed by atoms with Crippen molar-refractivity contribution in [3.63, 3.8) is 0 Å². The number of carbonyl (C=O) groups excluding carboxylic acids is 2. The van der Waals surface area contributed by atoms with Crippen LogP contribution in [0.15, 0.2) is 30.5 Å². The Labute approximate surface area is 194 Å². The number of amides is 2. The lowest BCUT2D eigenvalue weighted by atomic mass is 10.0. The summed E-state index contributed by atoms with van der Waals surface area (Å²) < 4.78 is 41.1. The zero-order chi connectivity index (χ0) is 24.0. The third kappa shape index (κ3) is 4.26. The average molecular weight is 474 g/mol. The molecule has 0 radical (unpaired) electrons. The molecule has 1 aliphatic carbocycles. The second-order valence-electron chi connectivity index (χ2n) is 9.11. The molecule has 2 amide bonds. The van der Waals surface area contributed by atoms with Gasteiger partial charge in [0.25, 0.3) is 11.8 Å². The van der Waals surface area contributed by atoms with E-state index in [0.717, 1.165) is 6.20 Å². The number of anilines is 3. The van der Waals surface area contributed by atoms with Gasteiger partial charge in [0.05, 0.1) is 6.20 Å². The number of hydrogen-bond donors (Lipinski definition) is 2. The van der Waals surface area contributed by atoms with Crippen molar-refractivity contribution in [2.24, 2.45) is 17.8 Å². The van der Waals surface area contributed by atoms with Gasteiger partial charge >= 0.3 is 0 Å². The van der Waals surface area contributed by atoms with Crippen molar-refractivity contribution in [3.8, 4) is 0 Å². The van der Waals surface area contributed by atoms with Crippen LogP contribution in [0.2, 0.25) is 0 Å². The lowest BCUT2D eigenvalue weighted by molar-refractivity contribution is -0.134. The fourth-order valence-corrected chi connectivity index (χ4v) is 4.78. The summed E-state index contributed by atoms with van der Waals surface area (Å²) in [5.41, 5.74) is 1.17. The second kappa shape index (κ2) is 8.44. The predicted octanol–water partition coefficient (Wildman–Crippen LogP) is 2.66. The summed E-state index contributed by atoms with van der Waals surface area (Å²) in [6, 6.07) is 6.77. The van der Waals surface area contributed by atoms with E-state index >= 15 is 0 Å². The van der Waals surface area contributed by atoms with E-state index in [0.29, 0.717) is 44.0 Å². The molecular formula is C23H25F3N6O2. The zero-order valence-electron chi connectivity index (χ0n) is 18.6. The molecule has 2 saturated heterocycles. The second-order valence-corrected chi connectivity index (χ2v) is 9.11. The molecule has 1 unspecified atom stereocenters. The van der Waals surface area contributed by atoms with Gasteiger partial charge in [0.2, 0.25) is 11.9 Å². The minimum Gasteiger partial charge on any atom is -0.353 e. The number of halogens is 3. The number of likely N-dealkylation sites (tertiary alicyclic amines) is 1. The van der Waals surface area contributed by atoms with Crippen molar-refractivity contribution in [2.75, 3.05) is 42.9 Å². The molecule has 34 heavy (non-hydrogen) atoms. The van der Waals surface area contributed by atoms with Crippen LogP contribution < -0.4 is 15.5 Å². The van der Waals surface area contributed by atoms with Crippen LogP contribution >= 0.6 is 0 Å². The van der Waals surface area contributed by atoms with Crippen molar-refractivity contribution < 1.29 is 22.8 Å². The number of nitrogens with one attached hydrogen (secondary N) is 2. The zero-order valence-corrected chi connectivity index (χ0v) is 18.6. The highest BCUT2D eigenvalue weighted by Gasteiger charge is 2.63. The SMILES string of the molecule is CCNC(=O)c1ccc(Nc2ncc(F)c(N3C[C@H]4CN(C(=O)C5CC5(F)F)C[C@H]4C3)n2)cc1. The quantitative estimate of drug-likeness (QED) is 0.669. The summed E-state index contributed by atoms with van der Waals surface area (Å²) in [5, 5.41) is 5.75. The number of aromatic nitrogens is 2. The average Bonchev–Trinajstić information content (AvgIpc) is 3.10. The van der Waals surface area contributed by atoms with Gasteiger partial charge in [-0.3, -0.25) is 9.59 Å². The van der Waals surface area contributed by atoms with Gasteiger partial charge < -0.3 is 20.4 Å². The Kier molecular flexibility index (Phi) is 5.57. The van der Waals surface area contributed by atoms with Crippen LogP contribution in [0.25, 0.3) is 0 Å². The first-order chi connectivity index (χ1) is 16.2. The van der Waals surface area contributed by atoms with Crippen LogP contribution in [0, 0.1) is 23.6 Å². The fraction of sp³-hybridized carbons (Fsp3) is 0.478. The molecule has 3 fully saturated rings. The minimum atomic E-state index is -2.86. The van der Waals surface area contributed by atoms with Gasteiger partial charge in [-0.15, -0.1) is 0 Å². The van der Waals surface area contributed by atoms with E-state index in [2.05, 4.69) is 20.6 Å². The van der Waals surface area contributed by atoms with E-state index in [1.807, 2.05) is 11.8 Å². The molecule has 1 aromatic carbocycles. The van der Waals surface area contributed by atoms with E-state index in [1.165, 1.54) is 4.90 Å². The van der Waals surface area contributed by atoms with Crippen molar-refractivity contribution >= 4 is 29.3 Å². The van der Waals surface area contributed by atoms with Gasteiger partial charge in [0.15, 0.2) is 11.6 Å². The van der Waals surface area contributed by atoms with Crippen LogP contribution in [-0.2, 0) is 4.79 Å². The smallest absolute Gasteiger partial charge is 0.260 e. The molecule has 2 aliphatic heterocycles. The van der Waals surface area contributed by atoms with Crippen LogP contribution in [-0.4, -0.2) is 65.3 Å². The molecule has 3 atom stereocenters. The van der Waals surface area contributed by atoms with E-state index < -0.39 is 23.6 Å². The maximum absolute atomic E-state index is 14.6. The van der Waals surface area contributed by atoms with Crippen LogP contribution in [0.4, 0.5) is 30.6 Å². The van der Waals surface area contributed by atoms with Gasteiger partial charge in [-0.2, -0.15) is 4.98 Å². The standard InChI is InChI=1S/C23H25F3N6O2/c1-2-27-20(33)13-3-5-16(6-4-13)29-22-28-8-18(24)19(30-22)31-9-14-11-32(12-15(14)10-31)21(34)17-7-23(17,25)26/h3-6,8,14-15,17H,2,7,9-12H2,1H3,(H,27,33)(H,28,29,30)/t14-,15+,17?. The number of rotatable bonds is 6. The summed E-state index contributed by atoms with van der Waals surface area (Å²) >= 11 is 0. The summed E-state index contributed by atoms with van der Waals surface area (Å²) in [4.78, 5) is 35.9. The highest BCUT2D eigenvalue weighted by atomic mass is 19.3. The molecule has 0 bridgehead atoms. The summed E-state index contributed by atoms with van der Waals surface area (Å²) in [6.45, 7) is 4.17. The van der Waals surface area contributed by atoms with E-state index in [1.54, 1.807) is 24.3 Å². The molecule has 0 spiro atoms. The molecule has 2 N–H and O–H groups in total. The largest absolute Gasteiger partial charge is 0.353 e. The van der Waals surface area contributed by atoms with Gasteiger partial charge in [-0.25, -0.2) is 18.2 Å². The highest BCUT2D eigenvalue weighted by molar-refractivity contribution is 5.94. The lowest BCUT2D eigenvalue weighted by Crippen LogP contribution is -2.35. The molecule has 2 aromatic rings. The number of fused-ring (bicyclic) bond motifs is 1. The van der Waals surface area contributed by atoms with Crippen molar-refractivity contribution in [1.29, 1.82) is 0 Å². The number of benzene rings is 1. The van der Waals surface area contributed by atoms with Crippen molar-refractivity contribution in [1.82, 2.24) is 20.2 Å². The van der Waals surface area contributed by atoms with Crippen LogP contribution in [0.1, 0.15) is 23.7 Å². The maximum Gasteiger partial charge on any atom is 0.260 e. The lowest BCUT2D eigenvalue weighted by Gasteiger charge is -2.23.